The highest BCUT2D eigenvalue weighted by molar-refractivity contribution is 5.99. The Bertz CT molecular complexity index is 487. The number of nitrogens with one attached hydrogen (secondary N) is 1. The fourth-order valence-electron chi connectivity index (χ4n) is 2.22. The van der Waals surface area contributed by atoms with E-state index in [4.69, 9.17) is 15.7 Å². The minimum atomic E-state index is -0.713. The molecule has 0 heterocycles. The normalized spacial score (nSPS) is 14.8. The maximum atomic E-state index is 10.1. The predicted molar refractivity (Wildman–Crippen MR) is 82.7 cm³/mol. The van der Waals surface area contributed by atoms with E-state index < -0.39 is 5.60 Å². The molecule has 1 aromatic rings. The number of hydrogen-bond donors (Lipinski definition) is 4. The van der Waals surface area contributed by atoms with Crippen molar-refractivity contribution in [3.8, 4) is 5.75 Å². The van der Waals surface area contributed by atoms with Crippen LogP contribution in [0.4, 0.5) is 0 Å². The van der Waals surface area contributed by atoms with Crippen LogP contribution in [0.2, 0.25) is 0 Å². The van der Waals surface area contributed by atoms with E-state index in [1.165, 1.54) is 7.11 Å². The number of aliphatic hydroxyl groups is 1. The second-order valence-electron chi connectivity index (χ2n) is 5.37. The summed E-state index contributed by atoms with van der Waals surface area (Å²) in [6, 6.07) is 5.47. The van der Waals surface area contributed by atoms with Gasteiger partial charge < -0.3 is 26.1 Å². The van der Waals surface area contributed by atoms with Crippen LogP contribution in [0, 0.1) is 0 Å². The number of nitrogens with two attached hydrogens (primary N) is 1. The van der Waals surface area contributed by atoms with Gasteiger partial charge in [0.25, 0.3) is 0 Å². The molecule has 0 bridgehead atoms. The number of rotatable bonds is 8. The van der Waals surface area contributed by atoms with E-state index in [9.17, 15) is 5.11 Å². The topological polar surface area (TPSA) is 100 Å². The van der Waals surface area contributed by atoms with Gasteiger partial charge in [-0.05, 0) is 31.0 Å². The van der Waals surface area contributed by atoms with Crippen LogP contribution in [0.3, 0.4) is 0 Å². The molecule has 118 valence electrons. The molecule has 5 N–H and O–H groups in total. The van der Waals surface area contributed by atoms with Crippen LogP contribution < -0.4 is 15.8 Å². The lowest BCUT2D eigenvalue weighted by Crippen LogP contribution is -2.37. The Balaban J connectivity index is 2.73. The van der Waals surface area contributed by atoms with E-state index >= 15 is 0 Å². The van der Waals surface area contributed by atoms with Gasteiger partial charge in [0, 0.05) is 13.1 Å². The quantitative estimate of drug-likeness (QED) is 0.252. The Morgan fingerprint density at radius 2 is 2.19 bits per heavy atom. The molecule has 0 aromatic heterocycles. The third-order valence-electron chi connectivity index (χ3n) is 3.27. The summed E-state index contributed by atoms with van der Waals surface area (Å²) in [5.74, 6) is 0.554. The van der Waals surface area contributed by atoms with Crippen molar-refractivity contribution < 1.29 is 15.1 Å². The van der Waals surface area contributed by atoms with Gasteiger partial charge in [0.1, 0.15) is 5.75 Å². The van der Waals surface area contributed by atoms with Crippen molar-refractivity contribution in [2.24, 2.45) is 10.9 Å². The maximum Gasteiger partial charge on any atom is 0.173 e. The minimum absolute atomic E-state index is 0.00618. The lowest BCUT2D eigenvalue weighted by Gasteiger charge is -2.23. The van der Waals surface area contributed by atoms with E-state index in [1.807, 2.05) is 19.9 Å². The van der Waals surface area contributed by atoms with Gasteiger partial charge in [-0.3, -0.25) is 0 Å². The van der Waals surface area contributed by atoms with Crippen molar-refractivity contribution in [3.05, 3.63) is 29.3 Å². The van der Waals surface area contributed by atoms with E-state index in [-0.39, 0.29) is 5.84 Å². The zero-order chi connectivity index (χ0) is 15.9. The van der Waals surface area contributed by atoms with Crippen LogP contribution in [0.1, 0.15) is 37.8 Å². The third kappa shape index (κ3) is 5.24. The number of benzene rings is 1. The molecule has 0 aliphatic heterocycles. The molecule has 0 radical (unpaired) electrons. The van der Waals surface area contributed by atoms with Crippen molar-refractivity contribution in [3.63, 3.8) is 0 Å². The Morgan fingerprint density at radius 3 is 2.76 bits per heavy atom. The first kappa shape index (κ1) is 17.3. The predicted octanol–water partition coefficient (Wildman–Crippen LogP) is 1.43. The molecule has 21 heavy (non-hydrogen) atoms. The Labute approximate surface area is 125 Å². The summed E-state index contributed by atoms with van der Waals surface area (Å²) in [6.07, 6.45) is 1.68. The van der Waals surface area contributed by atoms with E-state index in [2.05, 4.69) is 10.5 Å². The maximum absolute atomic E-state index is 10.1. The van der Waals surface area contributed by atoms with Gasteiger partial charge in [0.05, 0.1) is 18.3 Å². The Hall–Kier alpha value is -1.79. The summed E-state index contributed by atoms with van der Waals surface area (Å²) in [5.41, 5.74) is 6.43. The number of ether oxygens (including phenoxy) is 1. The second-order valence-corrected chi connectivity index (χ2v) is 5.37. The van der Waals surface area contributed by atoms with Crippen LogP contribution in [-0.2, 0) is 6.54 Å². The molecule has 0 saturated heterocycles. The van der Waals surface area contributed by atoms with Crippen LogP contribution in [0.25, 0.3) is 0 Å². The molecular formula is C15H25N3O3. The minimum Gasteiger partial charge on any atom is -0.496 e. The number of nitrogens with zero attached hydrogens (tertiary/aromatic N) is 1. The first-order valence-corrected chi connectivity index (χ1v) is 7.01. The smallest absolute Gasteiger partial charge is 0.173 e. The molecule has 0 aliphatic carbocycles. The third-order valence-corrected chi connectivity index (χ3v) is 3.27. The molecule has 0 spiro atoms. The highest BCUT2D eigenvalue weighted by Gasteiger charge is 2.18. The standard InChI is InChI=1S/C15H25N3O3/c1-4-7-15(2,19)10-17-9-11-5-6-13(21-3)12(8-11)14(16)18-20/h5-6,8,17,19-20H,4,7,9-10H2,1-3H3,(H2,16,18). The summed E-state index contributed by atoms with van der Waals surface area (Å²) in [4.78, 5) is 0. The first-order chi connectivity index (χ1) is 9.93. The molecule has 0 fully saturated rings. The molecule has 0 saturated carbocycles. The van der Waals surface area contributed by atoms with Crippen molar-refractivity contribution in [2.45, 2.75) is 38.8 Å². The van der Waals surface area contributed by atoms with Gasteiger partial charge in [-0.2, -0.15) is 0 Å². The summed E-state index contributed by atoms with van der Waals surface area (Å²) in [6.45, 7) is 4.95. The molecule has 6 nitrogen and oxygen atoms in total. The Kier molecular flexibility index (Phi) is 6.45. The van der Waals surface area contributed by atoms with Crippen molar-refractivity contribution >= 4 is 5.84 Å². The average molecular weight is 295 g/mol. The molecule has 0 aliphatic rings. The highest BCUT2D eigenvalue weighted by atomic mass is 16.5. The molecule has 0 amide bonds. The summed E-state index contributed by atoms with van der Waals surface area (Å²) in [5, 5.41) is 25.1. The number of hydrogen-bond acceptors (Lipinski definition) is 5. The lowest BCUT2D eigenvalue weighted by molar-refractivity contribution is 0.0498. The largest absolute Gasteiger partial charge is 0.496 e. The monoisotopic (exact) mass is 295 g/mol. The van der Waals surface area contributed by atoms with Crippen molar-refractivity contribution in [2.75, 3.05) is 13.7 Å². The summed E-state index contributed by atoms with van der Waals surface area (Å²) < 4.78 is 5.18. The second kappa shape index (κ2) is 7.85. The number of oxime groups is 1. The zero-order valence-electron chi connectivity index (χ0n) is 12.9. The van der Waals surface area contributed by atoms with Gasteiger partial charge >= 0.3 is 0 Å². The molecular weight excluding hydrogens is 270 g/mol. The lowest BCUT2D eigenvalue weighted by atomic mass is 10.0. The van der Waals surface area contributed by atoms with E-state index in [0.717, 1.165) is 18.4 Å². The van der Waals surface area contributed by atoms with Gasteiger partial charge in [-0.1, -0.05) is 24.6 Å². The average Bonchev–Trinajstić information content (AvgIpc) is 2.46. The van der Waals surface area contributed by atoms with Gasteiger partial charge in [0.2, 0.25) is 0 Å². The van der Waals surface area contributed by atoms with E-state index in [1.54, 1.807) is 12.1 Å². The fourth-order valence-corrected chi connectivity index (χ4v) is 2.22. The Morgan fingerprint density at radius 1 is 1.48 bits per heavy atom. The molecule has 6 heteroatoms. The van der Waals surface area contributed by atoms with Crippen LogP contribution in [0.15, 0.2) is 23.4 Å². The van der Waals surface area contributed by atoms with Crippen LogP contribution in [0.5, 0.6) is 5.75 Å². The molecule has 1 atom stereocenters. The fraction of sp³-hybridized carbons (Fsp3) is 0.533. The van der Waals surface area contributed by atoms with Crippen LogP contribution in [-0.4, -0.2) is 35.4 Å². The molecule has 1 aromatic carbocycles. The summed E-state index contributed by atoms with van der Waals surface area (Å²) >= 11 is 0. The van der Waals surface area contributed by atoms with Gasteiger partial charge in [-0.15, -0.1) is 0 Å². The SMILES string of the molecule is CCCC(C)(O)CNCc1ccc(OC)c(/C(N)=N/O)c1. The number of methoxy groups -OCH3 is 1. The first-order valence-electron chi connectivity index (χ1n) is 7.01. The molecule has 1 rings (SSSR count). The van der Waals surface area contributed by atoms with Gasteiger partial charge in [-0.25, -0.2) is 0 Å². The van der Waals surface area contributed by atoms with Crippen LogP contribution >= 0.6 is 0 Å². The van der Waals surface area contributed by atoms with Crippen molar-refractivity contribution in [1.29, 1.82) is 0 Å². The number of amidine groups is 1. The van der Waals surface area contributed by atoms with E-state index in [0.29, 0.717) is 24.4 Å². The summed E-state index contributed by atoms with van der Waals surface area (Å²) in [7, 11) is 1.53. The van der Waals surface area contributed by atoms with Crippen molar-refractivity contribution in [1.82, 2.24) is 5.32 Å². The zero-order valence-corrected chi connectivity index (χ0v) is 12.9. The van der Waals surface area contributed by atoms with Gasteiger partial charge in [0.15, 0.2) is 5.84 Å². The highest BCUT2D eigenvalue weighted by Crippen LogP contribution is 2.20. The molecule has 1 unspecified atom stereocenters.